The van der Waals surface area contributed by atoms with Gasteiger partial charge in [0.05, 0.1) is 6.10 Å². The summed E-state index contributed by atoms with van der Waals surface area (Å²) in [7, 11) is 0. The van der Waals surface area contributed by atoms with Crippen LogP contribution in [-0.2, 0) is 0 Å². The molecule has 0 spiro atoms. The molecule has 0 bridgehead atoms. The Morgan fingerprint density at radius 3 is 2.69 bits per heavy atom. The van der Waals surface area contributed by atoms with E-state index >= 15 is 0 Å². The number of aromatic nitrogens is 1. The van der Waals surface area contributed by atoms with Gasteiger partial charge in [-0.3, -0.25) is 4.98 Å². The molecular formula is C13H19NOS. The molecule has 1 fully saturated rings. The van der Waals surface area contributed by atoms with Crippen LogP contribution in [0.2, 0.25) is 0 Å². The molecule has 0 amide bonds. The maximum absolute atomic E-state index is 9.93. The summed E-state index contributed by atoms with van der Waals surface area (Å²) in [5.41, 5.74) is 0. The maximum Gasteiger partial charge on any atom is 0.0636 e. The molecule has 0 aliphatic heterocycles. The summed E-state index contributed by atoms with van der Waals surface area (Å²) in [5, 5.41) is 9.93. The number of pyridine rings is 1. The van der Waals surface area contributed by atoms with Crippen LogP contribution >= 0.6 is 11.8 Å². The normalized spacial score (nSPS) is 18.8. The first kappa shape index (κ1) is 11.9. The van der Waals surface area contributed by atoms with Gasteiger partial charge in [0, 0.05) is 23.0 Å². The smallest absolute Gasteiger partial charge is 0.0636 e. The van der Waals surface area contributed by atoms with E-state index < -0.39 is 0 Å². The number of thioether (sulfide) groups is 1. The SMILES string of the molecule is OC(CSc1ccncc1)CC1CCCC1. The van der Waals surface area contributed by atoms with Gasteiger partial charge in [-0.15, -0.1) is 11.8 Å². The molecule has 1 N–H and O–H groups in total. The van der Waals surface area contributed by atoms with Gasteiger partial charge in [-0.1, -0.05) is 25.7 Å². The molecule has 0 saturated heterocycles. The van der Waals surface area contributed by atoms with Crippen molar-refractivity contribution >= 4 is 11.8 Å². The summed E-state index contributed by atoms with van der Waals surface area (Å²) < 4.78 is 0. The lowest BCUT2D eigenvalue weighted by atomic mass is 10.0. The minimum Gasteiger partial charge on any atom is -0.392 e. The Kier molecular flexibility index (Phi) is 4.67. The molecule has 88 valence electrons. The fourth-order valence-electron chi connectivity index (χ4n) is 2.33. The zero-order valence-electron chi connectivity index (χ0n) is 9.51. The van der Waals surface area contributed by atoms with Crippen LogP contribution in [0.25, 0.3) is 0 Å². The average Bonchev–Trinajstić information content (AvgIpc) is 2.81. The molecule has 0 aromatic carbocycles. The predicted molar refractivity (Wildman–Crippen MR) is 67.5 cm³/mol. The van der Waals surface area contributed by atoms with E-state index in [9.17, 15) is 5.11 Å². The second-order valence-corrected chi connectivity index (χ2v) is 5.63. The quantitative estimate of drug-likeness (QED) is 0.799. The molecule has 3 heteroatoms. The van der Waals surface area contributed by atoms with Crippen molar-refractivity contribution in [3.63, 3.8) is 0 Å². The topological polar surface area (TPSA) is 33.1 Å². The highest BCUT2D eigenvalue weighted by molar-refractivity contribution is 7.99. The van der Waals surface area contributed by atoms with E-state index in [2.05, 4.69) is 4.98 Å². The third-order valence-corrected chi connectivity index (χ3v) is 4.33. The molecule has 1 aromatic heterocycles. The number of aliphatic hydroxyl groups excluding tert-OH is 1. The first-order chi connectivity index (χ1) is 7.84. The van der Waals surface area contributed by atoms with Crippen molar-refractivity contribution in [3.8, 4) is 0 Å². The van der Waals surface area contributed by atoms with E-state index in [4.69, 9.17) is 0 Å². The molecule has 2 nitrogen and oxygen atoms in total. The Labute approximate surface area is 101 Å². The van der Waals surface area contributed by atoms with Crippen LogP contribution in [0.4, 0.5) is 0 Å². The van der Waals surface area contributed by atoms with Crippen LogP contribution in [0.15, 0.2) is 29.4 Å². The molecule has 1 aliphatic carbocycles. The van der Waals surface area contributed by atoms with Crippen LogP contribution in [0.3, 0.4) is 0 Å². The summed E-state index contributed by atoms with van der Waals surface area (Å²) >= 11 is 1.72. The van der Waals surface area contributed by atoms with Gasteiger partial charge in [0.25, 0.3) is 0 Å². The van der Waals surface area contributed by atoms with E-state index in [0.717, 1.165) is 18.1 Å². The number of rotatable bonds is 5. The van der Waals surface area contributed by atoms with Gasteiger partial charge < -0.3 is 5.11 Å². The van der Waals surface area contributed by atoms with Crippen molar-refractivity contribution in [2.24, 2.45) is 5.92 Å². The molecule has 1 saturated carbocycles. The molecule has 1 aromatic rings. The van der Waals surface area contributed by atoms with Crippen LogP contribution in [0.1, 0.15) is 32.1 Å². The lowest BCUT2D eigenvalue weighted by molar-refractivity contribution is 0.166. The van der Waals surface area contributed by atoms with Crippen LogP contribution in [0.5, 0.6) is 0 Å². The van der Waals surface area contributed by atoms with Gasteiger partial charge in [-0.25, -0.2) is 0 Å². The van der Waals surface area contributed by atoms with Gasteiger partial charge in [0.2, 0.25) is 0 Å². The van der Waals surface area contributed by atoms with E-state index in [1.807, 2.05) is 12.1 Å². The fourth-order valence-corrected chi connectivity index (χ4v) is 3.16. The monoisotopic (exact) mass is 237 g/mol. The van der Waals surface area contributed by atoms with E-state index in [1.165, 1.54) is 30.6 Å². The number of nitrogens with zero attached hydrogens (tertiary/aromatic N) is 1. The van der Waals surface area contributed by atoms with Crippen LogP contribution in [-0.4, -0.2) is 21.9 Å². The van der Waals surface area contributed by atoms with Crippen molar-refractivity contribution in [2.45, 2.75) is 43.1 Å². The van der Waals surface area contributed by atoms with Gasteiger partial charge in [-0.2, -0.15) is 0 Å². The first-order valence-electron chi connectivity index (χ1n) is 6.05. The first-order valence-corrected chi connectivity index (χ1v) is 7.04. The highest BCUT2D eigenvalue weighted by Gasteiger charge is 2.18. The minimum absolute atomic E-state index is 0.152. The van der Waals surface area contributed by atoms with Crippen molar-refractivity contribution in [2.75, 3.05) is 5.75 Å². The zero-order valence-corrected chi connectivity index (χ0v) is 10.3. The summed E-state index contributed by atoms with van der Waals surface area (Å²) in [6.45, 7) is 0. The predicted octanol–water partition coefficient (Wildman–Crippen LogP) is 3.11. The van der Waals surface area contributed by atoms with Gasteiger partial charge in [0.1, 0.15) is 0 Å². The Balaban J connectivity index is 1.69. The molecule has 1 atom stereocenters. The Morgan fingerprint density at radius 1 is 1.31 bits per heavy atom. The van der Waals surface area contributed by atoms with E-state index in [0.29, 0.717) is 0 Å². The third kappa shape index (κ3) is 3.80. The molecule has 1 aliphatic rings. The lowest BCUT2D eigenvalue weighted by Crippen LogP contribution is -2.14. The summed E-state index contributed by atoms with van der Waals surface area (Å²) in [6, 6.07) is 3.99. The van der Waals surface area contributed by atoms with Crippen molar-refractivity contribution < 1.29 is 5.11 Å². The zero-order chi connectivity index (χ0) is 11.2. The highest BCUT2D eigenvalue weighted by Crippen LogP contribution is 2.29. The van der Waals surface area contributed by atoms with Crippen molar-refractivity contribution in [1.29, 1.82) is 0 Å². The van der Waals surface area contributed by atoms with Gasteiger partial charge in [-0.05, 0) is 24.5 Å². The maximum atomic E-state index is 9.93. The Hall–Kier alpha value is -0.540. The fraction of sp³-hybridized carbons (Fsp3) is 0.615. The van der Waals surface area contributed by atoms with Crippen molar-refractivity contribution in [3.05, 3.63) is 24.5 Å². The summed E-state index contributed by atoms with van der Waals surface area (Å²) in [6.07, 6.45) is 9.77. The minimum atomic E-state index is -0.152. The highest BCUT2D eigenvalue weighted by atomic mass is 32.2. The summed E-state index contributed by atoms with van der Waals surface area (Å²) in [5.74, 6) is 1.58. The second kappa shape index (κ2) is 6.26. The standard InChI is InChI=1S/C13H19NOS/c15-12(9-11-3-1-2-4-11)10-16-13-5-7-14-8-6-13/h5-8,11-12,15H,1-4,9-10H2. The largest absolute Gasteiger partial charge is 0.392 e. The van der Waals surface area contributed by atoms with Gasteiger partial charge in [0.15, 0.2) is 0 Å². The second-order valence-electron chi connectivity index (χ2n) is 4.53. The molecule has 2 rings (SSSR count). The molecular weight excluding hydrogens is 218 g/mol. The van der Waals surface area contributed by atoms with Gasteiger partial charge >= 0.3 is 0 Å². The number of hydrogen-bond acceptors (Lipinski definition) is 3. The Bertz CT molecular complexity index is 298. The molecule has 0 radical (unpaired) electrons. The van der Waals surface area contributed by atoms with Crippen LogP contribution in [0, 0.1) is 5.92 Å². The third-order valence-electron chi connectivity index (χ3n) is 3.17. The molecule has 16 heavy (non-hydrogen) atoms. The van der Waals surface area contributed by atoms with Crippen LogP contribution < -0.4 is 0 Å². The molecule has 1 unspecified atom stereocenters. The average molecular weight is 237 g/mol. The molecule has 1 heterocycles. The van der Waals surface area contributed by atoms with Crippen molar-refractivity contribution in [1.82, 2.24) is 4.98 Å². The summed E-state index contributed by atoms with van der Waals surface area (Å²) in [4.78, 5) is 5.17. The Morgan fingerprint density at radius 2 is 2.00 bits per heavy atom. The van der Waals surface area contributed by atoms with E-state index in [-0.39, 0.29) is 6.10 Å². The van der Waals surface area contributed by atoms with E-state index in [1.54, 1.807) is 24.2 Å². The lowest BCUT2D eigenvalue weighted by Gasteiger charge is -2.14. The number of hydrogen-bond donors (Lipinski definition) is 1. The number of aliphatic hydroxyl groups is 1.